The average molecular weight is 340 g/mol. The quantitative estimate of drug-likeness (QED) is 0.487. The molecule has 0 aliphatic carbocycles. The third kappa shape index (κ3) is 3.31. The van der Waals surface area contributed by atoms with Gasteiger partial charge in [0.05, 0.1) is 5.56 Å². The molecule has 3 N–H and O–H groups in total. The minimum atomic E-state index is 0.333. The van der Waals surface area contributed by atoms with Crippen molar-refractivity contribution in [2.45, 2.75) is 0 Å². The molecule has 0 saturated heterocycles. The van der Waals surface area contributed by atoms with E-state index in [-0.39, 0.29) is 0 Å². The first-order chi connectivity index (χ1) is 11.7. The normalized spacial score (nSPS) is 10.2. The van der Waals surface area contributed by atoms with Crippen molar-refractivity contribution in [3.63, 3.8) is 0 Å². The second-order valence-corrected chi connectivity index (χ2v) is 5.15. The molecule has 0 aliphatic heterocycles. The van der Waals surface area contributed by atoms with Crippen LogP contribution in [0.2, 0.25) is 5.15 Å². The largest absolute Gasteiger partial charge is 0.388 e. The average Bonchev–Trinajstić information content (AvgIpc) is 2.62. The molecule has 0 saturated carbocycles. The van der Waals surface area contributed by atoms with Crippen molar-refractivity contribution < 1.29 is 0 Å². The Morgan fingerprint density at radius 2 is 2.04 bits per heavy atom. The molecular formula is C16H14ClN7. The third-order valence-corrected chi connectivity index (χ3v) is 3.61. The second-order valence-electron chi connectivity index (χ2n) is 4.80. The fourth-order valence-corrected chi connectivity index (χ4v) is 2.36. The summed E-state index contributed by atoms with van der Waals surface area (Å²) in [5, 5.41) is 13.9. The van der Waals surface area contributed by atoms with Gasteiger partial charge in [-0.1, -0.05) is 11.6 Å². The Bertz CT molecular complexity index is 882. The van der Waals surface area contributed by atoms with Crippen LogP contribution in [0.3, 0.4) is 0 Å². The minimum Gasteiger partial charge on any atom is -0.388 e. The summed E-state index contributed by atoms with van der Waals surface area (Å²) >= 11 is 6.08. The SMILES string of the molecule is CNc1ccc(Nc2ncnc(-c3cccnc3Cl)n2)cc1C=N. The first-order valence-corrected chi connectivity index (χ1v) is 7.48. The number of anilines is 3. The molecule has 0 bridgehead atoms. The number of benzene rings is 1. The second kappa shape index (κ2) is 7.01. The van der Waals surface area contributed by atoms with E-state index in [1.165, 1.54) is 12.5 Å². The van der Waals surface area contributed by atoms with Crippen LogP contribution in [0.1, 0.15) is 5.56 Å². The molecule has 7 nitrogen and oxygen atoms in total. The van der Waals surface area contributed by atoms with Crippen molar-refractivity contribution in [1.82, 2.24) is 19.9 Å². The van der Waals surface area contributed by atoms with Crippen molar-refractivity contribution in [3.05, 3.63) is 53.6 Å². The maximum atomic E-state index is 7.48. The first kappa shape index (κ1) is 15.8. The first-order valence-electron chi connectivity index (χ1n) is 7.10. The van der Waals surface area contributed by atoms with Crippen LogP contribution in [0, 0.1) is 5.41 Å². The van der Waals surface area contributed by atoms with Crippen LogP contribution in [0.5, 0.6) is 0 Å². The monoisotopic (exact) mass is 339 g/mol. The number of nitrogens with one attached hydrogen (secondary N) is 3. The number of pyridine rings is 1. The van der Waals surface area contributed by atoms with Gasteiger partial charge in [0.25, 0.3) is 0 Å². The highest BCUT2D eigenvalue weighted by atomic mass is 35.5. The van der Waals surface area contributed by atoms with Gasteiger partial charge in [-0.2, -0.15) is 4.98 Å². The van der Waals surface area contributed by atoms with Crippen LogP contribution in [0.4, 0.5) is 17.3 Å². The molecule has 0 radical (unpaired) electrons. The Kier molecular flexibility index (Phi) is 4.62. The van der Waals surface area contributed by atoms with Crippen molar-refractivity contribution in [1.29, 1.82) is 5.41 Å². The number of hydrogen-bond donors (Lipinski definition) is 3. The summed E-state index contributed by atoms with van der Waals surface area (Å²) in [5.41, 5.74) is 3.03. The van der Waals surface area contributed by atoms with Gasteiger partial charge in [0.15, 0.2) is 5.82 Å². The van der Waals surface area contributed by atoms with Gasteiger partial charge >= 0.3 is 0 Å². The Balaban J connectivity index is 1.90. The molecule has 0 spiro atoms. The molecule has 1 aromatic carbocycles. The summed E-state index contributed by atoms with van der Waals surface area (Å²) in [6.45, 7) is 0. The molecule has 2 heterocycles. The summed E-state index contributed by atoms with van der Waals surface area (Å²) < 4.78 is 0. The van der Waals surface area contributed by atoms with Gasteiger partial charge in [0.1, 0.15) is 11.5 Å². The fourth-order valence-electron chi connectivity index (χ4n) is 2.16. The lowest BCUT2D eigenvalue weighted by molar-refractivity contribution is 1.06. The summed E-state index contributed by atoms with van der Waals surface area (Å²) in [6.07, 6.45) is 4.30. The van der Waals surface area contributed by atoms with Gasteiger partial charge in [0, 0.05) is 36.4 Å². The Labute approximate surface area is 143 Å². The van der Waals surface area contributed by atoms with E-state index in [1.807, 2.05) is 25.2 Å². The zero-order chi connectivity index (χ0) is 16.9. The van der Waals surface area contributed by atoms with Gasteiger partial charge in [-0.25, -0.2) is 15.0 Å². The lowest BCUT2D eigenvalue weighted by Gasteiger charge is -2.10. The highest BCUT2D eigenvalue weighted by Crippen LogP contribution is 2.24. The molecule has 120 valence electrons. The molecule has 0 atom stereocenters. The maximum Gasteiger partial charge on any atom is 0.230 e. The van der Waals surface area contributed by atoms with Crippen molar-refractivity contribution in [2.24, 2.45) is 0 Å². The van der Waals surface area contributed by atoms with E-state index < -0.39 is 0 Å². The summed E-state index contributed by atoms with van der Waals surface area (Å²) in [5.74, 6) is 0.817. The number of halogens is 1. The Morgan fingerprint density at radius 1 is 1.17 bits per heavy atom. The van der Waals surface area contributed by atoms with Crippen molar-refractivity contribution in [2.75, 3.05) is 17.7 Å². The van der Waals surface area contributed by atoms with Crippen molar-refractivity contribution >= 4 is 35.1 Å². The van der Waals surface area contributed by atoms with Crippen LogP contribution in [0.15, 0.2) is 42.9 Å². The van der Waals surface area contributed by atoms with Gasteiger partial charge in [-0.05, 0) is 30.3 Å². The van der Waals surface area contributed by atoms with Gasteiger partial charge in [-0.3, -0.25) is 0 Å². The van der Waals surface area contributed by atoms with E-state index in [0.29, 0.717) is 22.5 Å². The number of rotatable bonds is 5. The maximum absolute atomic E-state index is 7.48. The lowest BCUT2D eigenvalue weighted by atomic mass is 10.1. The van der Waals surface area contributed by atoms with E-state index in [9.17, 15) is 0 Å². The summed E-state index contributed by atoms with van der Waals surface area (Å²) in [6, 6.07) is 9.15. The predicted octanol–water partition coefficient (Wildman–Crippen LogP) is 3.37. The summed E-state index contributed by atoms with van der Waals surface area (Å²) in [7, 11) is 1.81. The number of nitrogens with zero attached hydrogens (tertiary/aromatic N) is 4. The molecule has 2 aromatic heterocycles. The summed E-state index contributed by atoms with van der Waals surface area (Å²) in [4.78, 5) is 16.6. The van der Waals surface area contributed by atoms with E-state index in [1.54, 1.807) is 18.3 Å². The molecule has 8 heteroatoms. The molecule has 3 rings (SSSR count). The van der Waals surface area contributed by atoms with Gasteiger partial charge in [-0.15, -0.1) is 0 Å². The fraction of sp³-hybridized carbons (Fsp3) is 0.0625. The number of hydrogen-bond acceptors (Lipinski definition) is 7. The Hall–Kier alpha value is -3.06. The molecule has 0 aliphatic rings. The van der Waals surface area contributed by atoms with Crippen LogP contribution >= 0.6 is 11.6 Å². The molecular weight excluding hydrogens is 326 g/mol. The topological polar surface area (TPSA) is 99.5 Å². The van der Waals surface area contributed by atoms with Crippen LogP contribution in [0.25, 0.3) is 11.4 Å². The van der Waals surface area contributed by atoms with Crippen LogP contribution < -0.4 is 10.6 Å². The van der Waals surface area contributed by atoms with Gasteiger partial charge < -0.3 is 16.0 Å². The van der Waals surface area contributed by atoms with Crippen LogP contribution in [-0.4, -0.2) is 33.2 Å². The molecule has 0 fully saturated rings. The lowest BCUT2D eigenvalue weighted by Crippen LogP contribution is -2.02. The zero-order valence-corrected chi connectivity index (χ0v) is 13.5. The highest BCUT2D eigenvalue weighted by Gasteiger charge is 2.09. The molecule has 3 aromatic rings. The number of aromatic nitrogens is 4. The smallest absolute Gasteiger partial charge is 0.230 e. The molecule has 24 heavy (non-hydrogen) atoms. The standard InChI is InChI=1S/C16H14ClN7/c1-19-13-5-4-11(7-10(13)8-18)23-16-22-9-21-15(24-16)12-3-2-6-20-14(12)17/h2-9,18-19H,1H3,(H,21,22,23,24). The van der Waals surface area contributed by atoms with E-state index in [2.05, 4.69) is 30.6 Å². The predicted molar refractivity (Wildman–Crippen MR) is 95.2 cm³/mol. The van der Waals surface area contributed by atoms with Crippen LogP contribution in [-0.2, 0) is 0 Å². The van der Waals surface area contributed by atoms with Gasteiger partial charge in [0.2, 0.25) is 5.95 Å². The molecule has 0 amide bonds. The van der Waals surface area contributed by atoms with Crippen molar-refractivity contribution in [3.8, 4) is 11.4 Å². The zero-order valence-electron chi connectivity index (χ0n) is 12.8. The third-order valence-electron chi connectivity index (χ3n) is 3.30. The Morgan fingerprint density at radius 3 is 2.79 bits per heavy atom. The van der Waals surface area contributed by atoms with E-state index >= 15 is 0 Å². The highest BCUT2D eigenvalue weighted by molar-refractivity contribution is 6.31. The van der Waals surface area contributed by atoms with E-state index in [4.69, 9.17) is 17.0 Å². The van der Waals surface area contributed by atoms with E-state index in [0.717, 1.165) is 16.9 Å². The minimum absolute atomic E-state index is 0.333. The molecule has 0 unspecified atom stereocenters.